The van der Waals surface area contributed by atoms with Crippen LogP contribution < -0.4 is 14.8 Å². The number of methoxy groups -OCH3 is 1. The molecule has 2 unspecified atom stereocenters. The highest BCUT2D eigenvalue weighted by atomic mass is 32.2. The first-order valence-electron chi connectivity index (χ1n) is 11.2. The fourth-order valence-electron chi connectivity index (χ4n) is 4.16. The van der Waals surface area contributed by atoms with E-state index >= 15 is 0 Å². The summed E-state index contributed by atoms with van der Waals surface area (Å²) in [7, 11) is -2.34. The van der Waals surface area contributed by atoms with Gasteiger partial charge in [0.25, 0.3) is 0 Å². The third-order valence-corrected chi connectivity index (χ3v) is 7.52. The van der Waals surface area contributed by atoms with Crippen LogP contribution in [0.4, 0.5) is 0 Å². The Hall–Kier alpha value is -3.16. The topological polar surface area (TPSA) is 84.5 Å². The monoisotopic (exact) mass is 480 g/mol. The highest BCUT2D eigenvalue weighted by Gasteiger charge is 2.29. The summed E-state index contributed by atoms with van der Waals surface area (Å²) < 4.78 is 34.7. The molecule has 3 aromatic carbocycles. The van der Waals surface area contributed by atoms with Gasteiger partial charge in [-0.3, -0.25) is 4.79 Å². The Labute approximate surface area is 202 Å². The Balaban J connectivity index is 1.88. The van der Waals surface area contributed by atoms with Gasteiger partial charge in [0.2, 0.25) is 15.9 Å². The SMILES string of the molecule is COc1ccc(C(C)NC(=O)C(Cc2ccccc2)NS(=O)(=O)c2c(C)cc(C)cc2C)cc1. The van der Waals surface area contributed by atoms with Crippen molar-refractivity contribution in [2.45, 2.75) is 51.1 Å². The van der Waals surface area contributed by atoms with Crippen LogP contribution in [0, 0.1) is 20.8 Å². The highest BCUT2D eigenvalue weighted by Crippen LogP contribution is 2.23. The Morgan fingerprint density at radius 2 is 1.53 bits per heavy atom. The lowest BCUT2D eigenvalue weighted by molar-refractivity contribution is -0.123. The van der Waals surface area contributed by atoms with Gasteiger partial charge in [-0.2, -0.15) is 4.72 Å². The molecular formula is C27H32N2O4S. The second kappa shape index (κ2) is 10.8. The molecule has 0 heterocycles. The van der Waals surface area contributed by atoms with Crippen LogP contribution in [0.15, 0.2) is 71.6 Å². The molecule has 2 N–H and O–H groups in total. The quantitative estimate of drug-likeness (QED) is 0.476. The number of rotatable bonds is 9. The van der Waals surface area contributed by atoms with Crippen LogP contribution in [-0.4, -0.2) is 27.5 Å². The van der Waals surface area contributed by atoms with Crippen LogP contribution in [-0.2, 0) is 21.2 Å². The van der Waals surface area contributed by atoms with Gasteiger partial charge >= 0.3 is 0 Å². The van der Waals surface area contributed by atoms with E-state index in [1.807, 2.05) is 80.6 Å². The van der Waals surface area contributed by atoms with Crippen molar-refractivity contribution in [3.63, 3.8) is 0 Å². The van der Waals surface area contributed by atoms with E-state index < -0.39 is 22.0 Å². The second-order valence-corrected chi connectivity index (χ2v) is 10.2. The third kappa shape index (κ3) is 6.24. The number of carbonyl (C=O) groups excluding carboxylic acids is 1. The molecule has 2 atom stereocenters. The summed E-state index contributed by atoms with van der Waals surface area (Å²) in [6.45, 7) is 7.33. The van der Waals surface area contributed by atoms with Crippen LogP contribution in [0.5, 0.6) is 5.75 Å². The zero-order chi connectivity index (χ0) is 24.9. The summed E-state index contributed by atoms with van der Waals surface area (Å²) in [5, 5.41) is 2.96. The first-order chi connectivity index (χ1) is 16.1. The Morgan fingerprint density at radius 1 is 0.941 bits per heavy atom. The molecular weight excluding hydrogens is 448 g/mol. The molecule has 0 fully saturated rings. The predicted octanol–water partition coefficient (Wildman–Crippen LogP) is 4.39. The number of hydrogen-bond acceptors (Lipinski definition) is 4. The van der Waals surface area contributed by atoms with Crippen molar-refractivity contribution >= 4 is 15.9 Å². The summed E-state index contributed by atoms with van der Waals surface area (Å²) in [6.07, 6.45) is 0.227. The number of aryl methyl sites for hydroxylation is 3. The summed E-state index contributed by atoms with van der Waals surface area (Å²) in [5.41, 5.74) is 4.03. The number of hydrogen-bond donors (Lipinski definition) is 2. The zero-order valence-electron chi connectivity index (χ0n) is 20.3. The summed E-state index contributed by atoms with van der Waals surface area (Å²) in [6, 6.07) is 19.1. The molecule has 0 aliphatic rings. The number of ether oxygens (including phenoxy) is 1. The minimum Gasteiger partial charge on any atom is -0.497 e. The molecule has 0 saturated heterocycles. The van der Waals surface area contributed by atoms with Crippen LogP contribution in [0.2, 0.25) is 0 Å². The van der Waals surface area contributed by atoms with E-state index in [4.69, 9.17) is 4.74 Å². The highest BCUT2D eigenvalue weighted by molar-refractivity contribution is 7.89. The zero-order valence-corrected chi connectivity index (χ0v) is 21.1. The fourth-order valence-corrected chi connectivity index (χ4v) is 5.81. The van der Waals surface area contributed by atoms with E-state index in [-0.39, 0.29) is 17.4 Å². The van der Waals surface area contributed by atoms with Crippen molar-refractivity contribution in [1.29, 1.82) is 0 Å². The minimum atomic E-state index is -3.94. The van der Waals surface area contributed by atoms with Crippen molar-refractivity contribution < 1.29 is 17.9 Å². The average Bonchev–Trinajstić information content (AvgIpc) is 2.78. The van der Waals surface area contributed by atoms with E-state index in [0.29, 0.717) is 11.1 Å². The smallest absolute Gasteiger partial charge is 0.241 e. The molecule has 7 heteroatoms. The van der Waals surface area contributed by atoms with E-state index in [1.165, 1.54) is 0 Å². The summed E-state index contributed by atoms with van der Waals surface area (Å²) >= 11 is 0. The number of sulfonamides is 1. The average molecular weight is 481 g/mol. The molecule has 0 bridgehead atoms. The predicted molar refractivity (Wildman–Crippen MR) is 134 cm³/mol. The molecule has 34 heavy (non-hydrogen) atoms. The molecule has 1 amide bonds. The summed E-state index contributed by atoms with van der Waals surface area (Å²) in [5.74, 6) is 0.332. The standard InChI is InChI=1S/C27H32N2O4S/c1-18-15-19(2)26(20(3)16-18)34(31,32)29-25(17-22-9-7-6-8-10-22)27(30)28-21(4)23-11-13-24(33-5)14-12-23/h6-16,21,25,29H,17H2,1-5H3,(H,28,30). The van der Waals surface area contributed by atoms with Gasteiger partial charge in [-0.15, -0.1) is 0 Å². The molecule has 0 saturated carbocycles. The van der Waals surface area contributed by atoms with Crippen molar-refractivity contribution in [1.82, 2.24) is 10.0 Å². The van der Waals surface area contributed by atoms with Crippen molar-refractivity contribution in [3.05, 3.63) is 94.5 Å². The Morgan fingerprint density at radius 3 is 2.09 bits per heavy atom. The van der Waals surface area contributed by atoms with Crippen LogP contribution in [0.1, 0.15) is 40.8 Å². The van der Waals surface area contributed by atoms with Gasteiger partial charge in [0, 0.05) is 0 Å². The molecule has 0 spiro atoms. The van der Waals surface area contributed by atoms with Crippen LogP contribution in [0.3, 0.4) is 0 Å². The third-order valence-electron chi connectivity index (χ3n) is 5.74. The number of amides is 1. The van der Waals surface area contributed by atoms with Crippen LogP contribution in [0.25, 0.3) is 0 Å². The lowest BCUT2D eigenvalue weighted by Gasteiger charge is -2.23. The lowest BCUT2D eigenvalue weighted by Crippen LogP contribution is -2.48. The number of benzene rings is 3. The Kier molecular flexibility index (Phi) is 8.12. The maximum absolute atomic E-state index is 13.4. The van der Waals surface area contributed by atoms with Gasteiger partial charge in [-0.25, -0.2) is 8.42 Å². The van der Waals surface area contributed by atoms with E-state index in [0.717, 1.165) is 22.4 Å². The lowest BCUT2D eigenvalue weighted by atomic mass is 10.0. The van der Waals surface area contributed by atoms with Gasteiger partial charge in [0.1, 0.15) is 11.8 Å². The molecule has 0 aliphatic heterocycles. The van der Waals surface area contributed by atoms with Crippen molar-refractivity contribution in [3.8, 4) is 5.75 Å². The Bertz CT molecular complexity index is 1220. The largest absolute Gasteiger partial charge is 0.497 e. The maximum Gasteiger partial charge on any atom is 0.241 e. The van der Waals surface area contributed by atoms with Crippen LogP contribution >= 0.6 is 0 Å². The molecule has 6 nitrogen and oxygen atoms in total. The number of nitrogens with one attached hydrogen (secondary N) is 2. The molecule has 0 radical (unpaired) electrons. The van der Waals surface area contributed by atoms with Crippen molar-refractivity contribution in [2.75, 3.05) is 7.11 Å². The van der Waals surface area contributed by atoms with Gasteiger partial charge in [-0.1, -0.05) is 60.2 Å². The first-order valence-corrected chi connectivity index (χ1v) is 12.7. The second-order valence-electron chi connectivity index (χ2n) is 8.59. The minimum absolute atomic E-state index is 0.215. The van der Waals surface area contributed by atoms with Crippen molar-refractivity contribution in [2.24, 2.45) is 0 Å². The molecule has 3 aromatic rings. The fraction of sp³-hybridized carbons (Fsp3) is 0.296. The van der Waals surface area contributed by atoms with E-state index in [9.17, 15) is 13.2 Å². The first kappa shape index (κ1) is 25.5. The van der Waals surface area contributed by atoms with E-state index in [2.05, 4.69) is 10.0 Å². The summed E-state index contributed by atoms with van der Waals surface area (Å²) in [4.78, 5) is 13.5. The van der Waals surface area contributed by atoms with E-state index in [1.54, 1.807) is 21.0 Å². The number of carbonyl (C=O) groups is 1. The van der Waals surface area contributed by atoms with Gasteiger partial charge < -0.3 is 10.1 Å². The maximum atomic E-state index is 13.4. The molecule has 180 valence electrons. The molecule has 0 aromatic heterocycles. The molecule has 3 rings (SSSR count). The molecule has 0 aliphatic carbocycles. The normalized spacial score (nSPS) is 13.2. The van der Waals surface area contributed by atoms with Gasteiger partial charge in [0.05, 0.1) is 18.0 Å². The van der Waals surface area contributed by atoms with Gasteiger partial charge in [0.15, 0.2) is 0 Å². The van der Waals surface area contributed by atoms with Gasteiger partial charge in [-0.05, 0) is 68.5 Å².